The summed E-state index contributed by atoms with van der Waals surface area (Å²) in [7, 11) is -3.47. The molecule has 0 radical (unpaired) electrons. The third kappa shape index (κ3) is 2.67. The molecular formula is C21H20ClN3O2S. The van der Waals surface area contributed by atoms with Gasteiger partial charge in [0.05, 0.1) is 21.8 Å². The summed E-state index contributed by atoms with van der Waals surface area (Å²) in [6.07, 6.45) is 3.44. The van der Waals surface area contributed by atoms with Crippen LogP contribution in [0, 0.1) is 0 Å². The molecule has 1 aromatic heterocycles. The maximum atomic E-state index is 13.0. The molecular weight excluding hydrogens is 394 g/mol. The van der Waals surface area contributed by atoms with Crippen molar-refractivity contribution in [3.63, 3.8) is 0 Å². The van der Waals surface area contributed by atoms with Crippen LogP contribution in [0.4, 0.5) is 5.69 Å². The van der Waals surface area contributed by atoms with Crippen LogP contribution in [0.1, 0.15) is 18.5 Å². The van der Waals surface area contributed by atoms with E-state index in [2.05, 4.69) is 16.0 Å². The average Bonchev–Trinajstić information content (AvgIpc) is 3.21. The lowest BCUT2D eigenvalue weighted by atomic mass is 9.83. The Bertz CT molecular complexity index is 1130. The van der Waals surface area contributed by atoms with E-state index in [0.717, 1.165) is 17.1 Å². The molecule has 28 heavy (non-hydrogen) atoms. The minimum Gasteiger partial charge on any atom is -0.372 e. The fourth-order valence-corrected chi connectivity index (χ4v) is 5.97. The van der Waals surface area contributed by atoms with Gasteiger partial charge in [-0.05, 0) is 55.3 Å². The second-order valence-electron chi connectivity index (χ2n) is 7.35. The van der Waals surface area contributed by atoms with E-state index in [9.17, 15) is 8.42 Å². The van der Waals surface area contributed by atoms with Crippen LogP contribution in [-0.4, -0.2) is 30.4 Å². The second-order valence-corrected chi connectivity index (χ2v) is 9.72. The van der Waals surface area contributed by atoms with Gasteiger partial charge >= 0.3 is 0 Å². The maximum absolute atomic E-state index is 13.0. The number of sulfonamides is 1. The minimum absolute atomic E-state index is 0.285. The van der Waals surface area contributed by atoms with Gasteiger partial charge in [0, 0.05) is 30.0 Å². The molecule has 0 bridgehead atoms. The maximum Gasteiger partial charge on any atom is 0.243 e. The van der Waals surface area contributed by atoms with Crippen LogP contribution in [-0.2, 0) is 15.6 Å². The smallest absolute Gasteiger partial charge is 0.243 e. The minimum atomic E-state index is -3.47. The monoisotopic (exact) mass is 413 g/mol. The van der Waals surface area contributed by atoms with Crippen molar-refractivity contribution >= 4 is 27.3 Å². The van der Waals surface area contributed by atoms with Gasteiger partial charge in [-0.15, -0.1) is 0 Å². The van der Waals surface area contributed by atoms with E-state index in [1.54, 1.807) is 28.6 Å². The molecule has 2 aliphatic heterocycles. The number of nitrogens with one attached hydrogen (secondary N) is 1. The zero-order valence-corrected chi connectivity index (χ0v) is 16.7. The van der Waals surface area contributed by atoms with Gasteiger partial charge in [0.25, 0.3) is 0 Å². The molecule has 1 N–H and O–H groups in total. The Morgan fingerprint density at radius 1 is 0.964 bits per heavy atom. The molecule has 0 aliphatic carbocycles. The fourth-order valence-electron chi connectivity index (χ4n) is 4.34. The first-order chi connectivity index (χ1) is 13.5. The van der Waals surface area contributed by atoms with Crippen molar-refractivity contribution in [1.82, 2.24) is 8.87 Å². The summed E-state index contributed by atoms with van der Waals surface area (Å²) in [6, 6.07) is 18.6. The highest BCUT2D eigenvalue weighted by atomic mass is 35.5. The molecule has 144 valence electrons. The van der Waals surface area contributed by atoms with Gasteiger partial charge in [0.2, 0.25) is 10.0 Å². The number of hydrogen-bond donors (Lipinski definition) is 1. The van der Waals surface area contributed by atoms with E-state index in [4.69, 9.17) is 11.6 Å². The molecule has 2 aliphatic rings. The Balaban J connectivity index is 1.46. The summed E-state index contributed by atoms with van der Waals surface area (Å²) >= 11 is 6.20. The van der Waals surface area contributed by atoms with Gasteiger partial charge in [-0.25, -0.2) is 8.42 Å². The molecule has 5 nitrogen and oxygen atoms in total. The van der Waals surface area contributed by atoms with Crippen LogP contribution in [0.3, 0.4) is 0 Å². The zero-order valence-electron chi connectivity index (χ0n) is 15.2. The Kier molecular flexibility index (Phi) is 4.05. The molecule has 1 saturated heterocycles. The van der Waals surface area contributed by atoms with Crippen LogP contribution in [0.2, 0.25) is 5.02 Å². The lowest BCUT2D eigenvalue weighted by Gasteiger charge is -2.45. The van der Waals surface area contributed by atoms with E-state index in [0.29, 0.717) is 35.8 Å². The number of fused-ring (bicyclic) bond motifs is 4. The topological polar surface area (TPSA) is 54.3 Å². The average molecular weight is 414 g/mol. The highest BCUT2D eigenvalue weighted by molar-refractivity contribution is 7.89. The van der Waals surface area contributed by atoms with Crippen LogP contribution in [0.15, 0.2) is 71.8 Å². The number of benzene rings is 2. The van der Waals surface area contributed by atoms with E-state index >= 15 is 0 Å². The van der Waals surface area contributed by atoms with Crippen molar-refractivity contribution in [2.75, 3.05) is 18.4 Å². The summed E-state index contributed by atoms with van der Waals surface area (Å²) < 4.78 is 29.7. The van der Waals surface area contributed by atoms with E-state index < -0.39 is 10.0 Å². The van der Waals surface area contributed by atoms with Crippen LogP contribution < -0.4 is 5.32 Å². The predicted molar refractivity (Wildman–Crippen MR) is 111 cm³/mol. The van der Waals surface area contributed by atoms with Crippen molar-refractivity contribution in [1.29, 1.82) is 0 Å². The summed E-state index contributed by atoms with van der Waals surface area (Å²) in [4.78, 5) is 0.353. The van der Waals surface area contributed by atoms with Crippen molar-refractivity contribution in [3.8, 4) is 5.69 Å². The van der Waals surface area contributed by atoms with Crippen LogP contribution in [0.5, 0.6) is 0 Å². The predicted octanol–water partition coefficient (Wildman–Crippen LogP) is 4.24. The molecule has 0 atom stereocenters. The van der Waals surface area contributed by atoms with Crippen LogP contribution >= 0.6 is 11.6 Å². The Labute approximate surface area is 169 Å². The third-order valence-electron chi connectivity index (χ3n) is 5.79. The lowest BCUT2D eigenvalue weighted by molar-refractivity contribution is 0.247. The first-order valence-electron chi connectivity index (χ1n) is 9.31. The summed E-state index contributed by atoms with van der Waals surface area (Å²) in [5.74, 6) is 0. The Morgan fingerprint density at radius 2 is 1.71 bits per heavy atom. The number of halogens is 1. The fraction of sp³-hybridized carbons (Fsp3) is 0.238. The number of aromatic nitrogens is 1. The lowest BCUT2D eigenvalue weighted by Crippen LogP contribution is -2.50. The van der Waals surface area contributed by atoms with Crippen molar-refractivity contribution in [3.05, 3.63) is 77.6 Å². The normalized spacial score (nSPS) is 18.3. The first kappa shape index (κ1) is 17.8. The third-order valence-corrected chi connectivity index (χ3v) is 7.94. The van der Waals surface area contributed by atoms with Gasteiger partial charge in [0.1, 0.15) is 0 Å². The number of rotatable bonds is 2. The van der Waals surface area contributed by atoms with Gasteiger partial charge in [-0.2, -0.15) is 4.31 Å². The number of anilines is 1. The van der Waals surface area contributed by atoms with Crippen LogP contribution in [0.25, 0.3) is 5.69 Å². The molecule has 7 heteroatoms. The number of piperidine rings is 1. The molecule has 0 unspecified atom stereocenters. The van der Waals surface area contributed by atoms with Gasteiger partial charge in [0.15, 0.2) is 0 Å². The van der Waals surface area contributed by atoms with Gasteiger partial charge in [-0.1, -0.05) is 29.8 Å². The summed E-state index contributed by atoms with van der Waals surface area (Å²) in [5.41, 5.74) is 2.91. The second kappa shape index (κ2) is 6.37. The van der Waals surface area contributed by atoms with E-state index in [-0.39, 0.29) is 5.54 Å². The van der Waals surface area contributed by atoms with E-state index in [1.807, 2.05) is 36.5 Å². The van der Waals surface area contributed by atoms with Crippen molar-refractivity contribution in [2.24, 2.45) is 0 Å². The summed E-state index contributed by atoms with van der Waals surface area (Å²) in [5, 5.41) is 4.39. The molecule has 0 saturated carbocycles. The number of hydrogen-bond acceptors (Lipinski definition) is 3. The molecule has 1 fully saturated rings. The molecule has 2 aromatic carbocycles. The van der Waals surface area contributed by atoms with Gasteiger partial charge < -0.3 is 9.88 Å². The van der Waals surface area contributed by atoms with Crippen molar-refractivity contribution in [2.45, 2.75) is 23.3 Å². The molecule has 0 amide bonds. The standard InChI is InChI=1S/C21H20ClN3O2S/c22-16-8-9-18-19(15-16)25-12-4-7-20(25)21(23-18)10-13-24(14-11-21)28(26,27)17-5-2-1-3-6-17/h1-9,12,15,23H,10-11,13-14H2. The van der Waals surface area contributed by atoms with Crippen molar-refractivity contribution < 1.29 is 8.42 Å². The molecule has 3 aromatic rings. The Hall–Kier alpha value is -2.28. The molecule has 1 spiro atoms. The number of nitrogens with zero attached hydrogens (tertiary/aromatic N) is 2. The Morgan fingerprint density at radius 3 is 2.46 bits per heavy atom. The highest BCUT2D eigenvalue weighted by Gasteiger charge is 2.43. The highest BCUT2D eigenvalue weighted by Crippen LogP contribution is 2.44. The van der Waals surface area contributed by atoms with E-state index in [1.165, 1.54) is 0 Å². The zero-order chi connectivity index (χ0) is 19.4. The van der Waals surface area contributed by atoms with Gasteiger partial charge in [-0.3, -0.25) is 0 Å². The molecule has 3 heterocycles. The molecule has 5 rings (SSSR count). The largest absolute Gasteiger partial charge is 0.372 e. The summed E-state index contributed by atoms with van der Waals surface area (Å²) in [6.45, 7) is 0.941. The quantitative estimate of drug-likeness (QED) is 0.683. The first-order valence-corrected chi connectivity index (χ1v) is 11.1. The SMILES string of the molecule is O=S(=O)(c1ccccc1)N1CCC2(CC1)Nc1ccc(Cl)cc1-n1cccc12.